The molecule has 0 spiro atoms. The van der Waals surface area contributed by atoms with E-state index in [1.807, 2.05) is 31.1 Å². The first-order chi connectivity index (χ1) is 16.0. The third-order valence-corrected chi connectivity index (χ3v) is 6.81. The number of rotatable bonds is 6. The largest absolute Gasteiger partial charge is 0.433 e. The van der Waals surface area contributed by atoms with Crippen LogP contribution in [0.2, 0.25) is 0 Å². The molecule has 1 saturated carbocycles. The Kier molecular flexibility index (Phi) is 6.60. The summed E-state index contributed by atoms with van der Waals surface area (Å²) in [4.78, 5) is 5.69. The fourth-order valence-electron chi connectivity index (χ4n) is 4.76. The highest BCUT2D eigenvalue weighted by Gasteiger charge is 2.32. The third kappa shape index (κ3) is 5.05. The lowest BCUT2D eigenvalue weighted by Gasteiger charge is -2.30. The molecule has 1 fully saturated rings. The maximum Gasteiger partial charge on any atom is 0.433 e. The molecule has 2 aromatic heterocycles. The van der Waals surface area contributed by atoms with Crippen LogP contribution < -0.4 is 10.2 Å². The molecule has 4 rings (SSSR count). The smallest absolute Gasteiger partial charge is 0.376 e. The zero-order valence-electron chi connectivity index (χ0n) is 20.2. The lowest BCUT2D eigenvalue weighted by atomic mass is 9.80. The number of aromatic nitrogens is 3. The van der Waals surface area contributed by atoms with E-state index in [9.17, 15) is 13.2 Å². The van der Waals surface area contributed by atoms with Gasteiger partial charge in [0, 0.05) is 25.7 Å². The predicted octanol–water partition coefficient (Wildman–Crippen LogP) is 6.99. The number of nitrogens with zero attached hydrogens (tertiary/aromatic N) is 4. The molecule has 34 heavy (non-hydrogen) atoms. The highest BCUT2D eigenvalue weighted by atomic mass is 19.4. The number of hydrogen-bond acceptors (Lipinski definition) is 4. The van der Waals surface area contributed by atoms with Crippen molar-refractivity contribution in [2.45, 2.75) is 51.7 Å². The SMILES string of the molecule is C=C(Nc1cc2cn(C3CCC(C(C)C)CC3)nc2cc1N(C)C)c1cccc(C(F)(F)F)n1. The van der Waals surface area contributed by atoms with Gasteiger partial charge in [-0.15, -0.1) is 0 Å². The van der Waals surface area contributed by atoms with Crippen LogP contribution in [0.3, 0.4) is 0 Å². The quantitative estimate of drug-likeness (QED) is 0.421. The second-order valence-electron chi connectivity index (χ2n) is 9.75. The van der Waals surface area contributed by atoms with Crippen molar-refractivity contribution >= 4 is 28.0 Å². The van der Waals surface area contributed by atoms with Gasteiger partial charge >= 0.3 is 6.18 Å². The molecule has 182 valence electrons. The Bertz CT molecular complexity index is 1170. The van der Waals surface area contributed by atoms with Crippen LogP contribution >= 0.6 is 0 Å². The average Bonchev–Trinajstić information content (AvgIpc) is 3.21. The van der Waals surface area contributed by atoms with Gasteiger partial charge in [-0.05, 0) is 61.8 Å². The lowest BCUT2D eigenvalue weighted by Crippen LogP contribution is -2.21. The molecule has 3 aromatic rings. The second kappa shape index (κ2) is 9.31. The first-order valence-electron chi connectivity index (χ1n) is 11.7. The van der Waals surface area contributed by atoms with Gasteiger partial charge in [-0.3, -0.25) is 4.68 Å². The van der Waals surface area contributed by atoms with Crippen LogP contribution in [-0.4, -0.2) is 28.9 Å². The standard InChI is InChI=1S/C26H32F3N5/c1-16(2)18-9-11-20(12-10-18)34-15-19-13-23(24(33(4)5)14-22(19)32-34)30-17(3)21-7-6-8-25(31-21)26(27,28)29/h6-8,13-16,18,20,30H,3,9-12H2,1-2,4-5H3. The van der Waals surface area contributed by atoms with Gasteiger partial charge < -0.3 is 10.2 Å². The van der Waals surface area contributed by atoms with Gasteiger partial charge in [-0.1, -0.05) is 26.5 Å². The van der Waals surface area contributed by atoms with Crippen molar-refractivity contribution in [1.82, 2.24) is 14.8 Å². The highest BCUT2D eigenvalue weighted by Crippen LogP contribution is 2.38. The molecule has 0 bridgehead atoms. The monoisotopic (exact) mass is 471 g/mol. The molecule has 0 amide bonds. The van der Waals surface area contributed by atoms with E-state index in [2.05, 4.69) is 41.6 Å². The topological polar surface area (TPSA) is 46.0 Å². The summed E-state index contributed by atoms with van der Waals surface area (Å²) in [5.74, 6) is 1.50. The van der Waals surface area contributed by atoms with Crippen molar-refractivity contribution in [3.8, 4) is 0 Å². The van der Waals surface area contributed by atoms with Crippen LogP contribution in [0, 0.1) is 11.8 Å². The Labute approximate surface area is 198 Å². The highest BCUT2D eigenvalue weighted by molar-refractivity contribution is 5.92. The Morgan fingerprint density at radius 2 is 1.85 bits per heavy atom. The molecule has 0 unspecified atom stereocenters. The first kappa shape index (κ1) is 24.1. The molecule has 8 heteroatoms. The van der Waals surface area contributed by atoms with Crippen molar-refractivity contribution in [2.24, 2.45) is 11.8 Å². The predicted molar refractivity (Wildman–Crippen MR) is 132 cm³/mol. The van der Waals surface area contributed by atoms with E-state index in [0.29, 0.717) is 17.7 Å². The van der Waals surface area contributed by atoms with Crippen LogP contribution in [0.1, 0.15) is 57.0 Å². The van der Waals surface area contributed by atoms with E-state index < -0.39 is 11.9 Å². The van der Waals surface area contributed by atoms with Crippen LogP contribution in [0.15, 0.2) is 43.1 Å². The number of pyridine rings is 1. The average molecular weight is 472 g/mol. The molecule has 1 aliphatic rings. The molecule has 2 heterocycles. The van der Waals surface area contributed by atoms with Gasteiger partial charge in [0.15, 0.2) is 0 Å². The summed E-state index contributed by atoms with van der Waals surface area (Å²) in [5, 5.41) is 9.03. The molecule has 0 atom stereocenters. The van der Waals surface area contributed by atoms with Gasteiger partial charge in [0.05, 0.1) is 34.3 Å². The summed E-state index contributed by atoms with van der Waals surface area (Å²) >= 11 is 0. The minimum Gasteiger partial charge on any atom is -0.376 e. The Morgan fingerprint density at radius 3 is 2.47 bits per heavy atom. The number of alkyl halides is 3. The van der Waals surface area contributed by atoms with Crippen molar-refractivity contribution in [3.05, 3.63) is 54.5 Å². The van der Waals surface area contributed by atoms with E-state index in [-0.39, 0.29) is 5.69 Å². The molecule has 0 radical (unpaired) electrons. The van der Waals surface area contributed by atoms with E-state index in [1.165, 1.54) is 25.0 Å². The van der Waals surface area contributed by atoms with Gasteiger partial charge in [-0.25, -0.2) is 4.98 Å². The van der Waals surface area contributed by atoms with Crippen LogP contribution in [0.5, 0.6) is 0 Å². The normalized spacial score (nSPS) is 18.9. The van der Waals surface area contributed by atoms with Crippen LogP contribution in [0.4, 0.5) is 24.5 Å². The summed E-state index contributed by atoms with van der Waals surface area (Å²) in [6.07, 6.45) is 2.26. The van der Waals surface area contributed by atoms with Gasteiger partial charge in [0.1, 0.15) is 5.69 Å². The van der Waals surface area contributed by atoms with E-state index in [0.717, 1.165) is 47.1 Å². The molecule has 1 aliphatic carbocycles. The Morgan fingerprint density at radius 1 is 1.15 bits per heavy atom. The molecule has 0 aliphatic heterocycles. The molecule has 0 saturated heterocycles. The molecular formula is C26H32F3N5. The van der Waals surface area contributed by atoms with Crippen molar-refractivity contribution in [2.75, 3.05) is 24.3 Å². The minimum atomic E-state index is -4.51. The zero-order valence-corrected chi connectivity index (χ0v) is 20.2. The van der Waals surface area contributed by atoms with Crippen LogP contribution in [0.25, 0.3) is 16.6 Å². The van der Waals surface area contributed by atoms with Gasteiger partial charge in [-0.2, -0.15) is 18.3 Å². The Hall–Kier alpha value is -3.03. The maximum atomic E-state index is 13.1. The number of fused-ring (bicyclic) bond motifs is 1. The number of anilines is 2. The van der Waals surface area contributed by atoms with Gasteiger partial charge in [0.2, 0.25) is 0 Å². The number of hydrogen-bond donors (Lipinski definition) is 1. The number of nitrogens with one attached hydrogen (secondary N) is 1. The summed E-state index contributed by atoms with van der Waals surface area (Å²) in [7, 11) is 3.84. The molecule has 1 aromatic carbocycles. The maximum absolute atomic E-state index is 13.1. The summed E-state index contributed by atoms with van der Waals surface area (Å²) < 4.78 is 41.4. The minimum absolute atomic E-state index is 0.150. The number of benzene rings is 1. The van der Waals surface area contributed by atoms with Crippen LogP contribution in [-0.2, 0) is 6.18 Å². The summed E-state index contributed by atoms with van der Waals surface area (Å²) in [5.41, 5.74) is 2.01. The molecular weight excluding hydrogens is 439 g/mol. The fraction of sp³-hybridized carbons (Fsp3) is 0.462. The fourth-order valence-corrected chi connectivity index (χ4v) is 4.76. The molecule has 5 nitrogen and oxygen atoms in total. The van der Waals surface area contributed by atoms with E-state index in [1.54, 1.807) is 0 Å². The van der Waals surface area contributed by atoms with E-state index >= 15 is 0 Å². The molecule has 1 N–H and O–H groups in total. The zero-order chi connectivity index (χ0) is 24.6. The second-order valence-corrected chi connectivity index (χ2v) is 9.75. The summed E-state index contributed by atoms with van der Waals surface area (Å²) in [6, 6.07) is 8.19. The Balaban J connectivity index is 1.60. The lowest BCUT2D eigenvalue weighted by molar-refractivity contribution is -0.141. The third-order valence-electron chi connectivity index (χ3n) is 6.81. The first-order valence-corrected chi connectivity index (χ1v) is 11.7. The van der Waals surface area contributed by atoms with Crippen molar-refractivity contribution in [1.29, 1.82) is 0 Å². The number of halogens is 3. The van der Waals surface area contributed by atoms with E-state index in [4.69, 9.17) is 5.10 Å². The van der Waals surface area contributed by atoms with Crippen molar-refractivity contribution < 1.29 is 13.2 Å². The summed E-state index contributed by atoms with van der Waals surface area (Å²) in [6.45, 7) is 8.54. The van der Waals surface area contributed by atoms with Gasteiger partial charge in [0.25, 0.3) is 0 Å². The van der Waals surface area contributed by atoms with Crippen molar-refractivity contribution in [3.63, 3.8) is 0 Å².